The van der Waals surface area contributed by atoms with Gasteiger partial charge in [0.25, 0.3) is 5.56 Å². The van der Waals surface area contributed by atoms with Gasteiger partial charge in [0.2, 0.25) is 5.91 Å². The largest absolute Gasteiger partial charge is 0.493 e. The minimum absolute atomic E-state index is 0.0621. The lowest BCUT2D eigenvalue weighted by atomic mass is 10.2. The van der Waals surface area contributed by atoms with Crippen LogP contribution >= 0.6 is 0 Å². The molecule has 0 bridgehead atoms. The van der Waals surface area contributed by atoms with Crippen LogP contribution < -0.4 is 19.9 Å². The first kappa shape index (κ1) is 20.8. The lowest BCUT2D eigenvalue weighted by molar-refractivity contribution is -0.132. The molecule has 0 spiro atoms. The van der Waals surface area contributed by atoms with Crippen molar-refractivity contribution >= 4 is 33.7 Å². The van der Waals surface area contributed by atoms with Gasteiger partial charge in [-0.2, -0.15) is 0 Å². The average Bonchev–Trinajstić information content (AvgIpc) is 3.23. The molecule has 1 amide bonds. The van der Waals surface area contributed by atoms with Gasteiger partial charge in [0, 0.05) is 43.8 Å². The van der Waals surface area contributed by atoms with E-state index < -0.39 is 0 Å². The summed E-state index contributed by atoms with van der Waals surface area (Å²) in [5, 5.41) is 0.754. The Morgan fingerprint density at radius 3 is 2.52 bits per heavy atom. The number of hydrogen-bond acceptors (Lipinski definition) is 7. The van der Waals surface area contributed by atoms with Crippen molar-refractivity contribution < 1.29 is 14.3 Å². The lowest BCUT2D eigenvalue weighted by Crippen LogP contribution is -2.50. The van der Waals surface area contributed by atoms with Crippen LogP contribution in [0, 0.1) is 0 Å². The molecule has 1 aromatic carbocycles. The van der Waals surface area contributed by atoms with Crippen molar-refractivity contribution in [3.63, 3.8) is 0 Å². The Morgan fingerprint density at radius 2 is 1.82 bits per heavy atom. The maximum atomic E-state index is 13.1. The number of carbonyl (C=O) groups is 1. The molecule has 1 aliphatic heterocycles. The van der Waals surface area contributed by atoms with E-state index in [0.717, 1.165) is 11.2 Å². The maximum Gasteiger partial charge on any atom is 0.278 e. The topological polar surface area (TPSA) is 106 Å². The normalized spacial score (nSPS) is 14.1. The van der Waals surface area contributed by atoms with E-state index in [2.05, 4.69) is 19.9 Å². The third-order valence-corrected chi connectivity index (χ3v) is 5.99. The molecule has 0 radical (unpaired) electrons. The number of fused-ring (bicyclic) bond motifs is 3. The molecule has 4 aromatic rings. The second kappa shape index (κ2) is 8.45. The standard InChI is InChI=1S/C23H24N6O4/c1-32-17-11-15-16(12-18(17)33-2)26-22-21(15)25-14-29(23(22)31)13-20(30)28-9-7-27(8-10-28)19-5-3-4-6-24-19/h3-6,11-12,14,26H,7-10,13H2,1-2H3. The number of benzene rings is 1. The van der Waals surface area contributed by atoms with E-state index in [1.54, 1.807) is 37.4 Å². The molecule has 0 aliphatic carbocycles. The van der Waals surface area contributed by atoms with E-state index in [1.165, 1.54) is 10.9 Å². The fourth-order valence-electron chi connectivity index (χ4n) is 4.20. The molecule has 0 unspecified atom stereocenters. The lowest BCUT2D eigenvalue weighted by Gasteiger charge is -2.35. The molecular weight excluding hydrogens is 424 g/mol. The van der Waals surface area contributed by atoms with Crippen LogP contribution in [0.1, 0.15) is 0 Å². The second-order valence-electron chi connectivity index (χ2n) is 7.83. The van der Waals surface area contributed by atoms with Crippen molar-refractivity contribution in [2.24, 2.45) is 0 Å². The molecule has 10 heteroatoms. The van der Waals surface area contributed by atoms with Crippen molar-refractivity contribution in [1.82, 2.24) is 24.4 Å². The molecule has 1 fully saturated rings. The molecule has 1 aliphatic rings. The molecule has 10 nitrogen and oxygen atoms in total. The number of pyridine rings is 1. The van der Waals surface area contributed by atoms with Crippen LogP contribution in [0.3, 0.4) is 0 Å². The Balaban J connectivity index is 1.36. The Morgan fingerprint density at radius 1 is 1.06 bits per heavy atom. The number of piperazine rings is 1. The number of ether oxygens (including phenoxy) is 2. The number of carbonyl (C=O) groups excluding carboxylic acids is 1. The molecule has 170 valence electrons. The highest BCUT2D eigenvalue weighted by Crippen LogP contribution is 2.34. The number of rotatable bonds is 5. The predicted octanol–water partition coefficient (Wildman–Crippen LogP) is 1.64. The van der Waals surface area contributed by atoms with Gasteiger partial charge in [-0.3, -0.25) is 14.2 Å². The Labute approximate surface area is 189 Å². The summed E-state index contributed by atoms with van der Waals surface area (Å²) in [7, 11) is 3.11. The first-order valence-corrected chi connectivity index (χ1v) is 10.7. The Bertz CT molecular complexity index is 1370. The molecule has 0 saturated carbocycles. The van der Waals surface area contributed by atoms with Crippen molar-refractivity contribution in [3.8, 4) is 11.5 Å². The zero-order chi connectivity index (χ0) is 22.9. The van der Waals surface area contributed by atoms with Gasteiger partial charge in [0.15, 0.2) is 11.5 Å². The monoisotopic (exact) mass is 448 g/mol. The van der Waals surface area contributed by atoms with Crippen LogP contribution in [0.15, 0.2) is 47.7 Å². The highest BCUT2D eigenvalue weighted by atomic mass is 16.5. The van der Waals surface area contributed by atoms with E-state index >= 15 is 0 Å². The molecule has 0 atom stereocenters. The summed E-state index contributed by atoms with van der Waals surface area (Å²) >= 11 is 0. The summed E-state index contributed by atoms with van der Waals surface area (Å²) < 4.78 is 12.1. The molecule has 5 rings (SSSR count). The number of aromatic nitrogens is 4. The fraction of sp³-hybridized carbons (Fsp3) is 0.304. The van der Waals surface area contributed by atoms with Crippen molar-refractivity contribution in [1.29, 1.82) is 0 Å². The first-order chi connectivity index (χ1) is 16.1. The minimum atomic E-state index is -0.297. The minimum Gasteiger partial charge on any atom is -0.493 e. The SMILES string of the molecule is COc1cc2[nH]c3c(=O)n(CC(=O)N4CCN(c5ccccn5)CC4)cnc3c2cc1OC. The number of anilines is 1. The number of hydrogen-bond donors (Lipinski definition) is 1. The molecule has 3 aromatic heterocycles. The van der Waals surface area contributed by atoms with Gasteiger partial charge < -0.3 is 24.3 Å². The highest BCUT2D eigenvalue weighted by molar-refractivity contribution is 6.05. The third kappa shape index (κ3) is 3.73. The van der Waals surface area contributed by atoms with E-state index in [4.69, 9.17) is 9.47 Å². The number of aromatic amines is 1. The summed E-state index contributed by atoms with van der Waals surface area (Å²) in [6.07, 6.45) is 3.19. The summed E-state index contributed by atoms with van der Waals surface area (Å²) in [6.45, 7) is 2.48. The van der Waals surface area contributed by atoms with Crippen LogP contribution in [-0.2, 0) is 11.3 Å². The van der Waals surface area contributed by atoms with Crippen LogP contribution in [0.25, 0.3) is 21.9 Å². The highest BCUT2D eigenvalue weighted by Gasteiger charge is 2.23. The zero-order valence-electron chi connectivity index (χ0n) is 18.4. The average molecular weight is 448 g/mol. The van der Waals surface area contributed by atoms with Crippen molar-refractivity contribution in [2.75, 3.05) is 45.3 Å². The Hall–Kier alpha value is -4.08. The van der Waals surface area contributed by atoms with Gasteiger partial charge in [-0.15, -0.1) is 0 Å². The van der Waals surface area contributed by atoms with Crippen molar-refractivity contribution in [3.05, 3.63) is 53.2 Å². The van der Waals surface area contributed by atoms with Crippen LogP contribution in [0.5, 0.6) is 11.5 Å². The first-order valence-electron chi connectivity index (χ1n) is 10.7. The van der Waals surface area contributed by atoms with E-state index in [9.17, 15) is 9.59 Å². The van der Waals surface area contributed by atoms with Gasteiger partial charge in [0.05, 0.1) is 26.1 Å². The van der Waals surface area contributed by atoms with Gasteiger partial charge in [-0.1, -0.05) is 6.07 Å². The van der Waals surface area contributed by atoms with Gasteiger partial charge >= 0.3 is 0 Å². The summed E-state index contributed by atoms with van der Waals surface area (Å²) in [6, 6.07) is 9.35. The van der Waals surface area contributed by atoms with Crippen molar-refractivity contribution in [2.45, 2.75) is 6.54 Å². The number of nitrogens with zero attached hydrogens (tertiary/aromatic N) is 5. The molecule has 1 saturated heterocycles. The van der Waals surface area contributed by atoms with Gasteiger partial charge in [-0.25, -0.2) is 9.97 Å². The van der Waals surface area contributed by atoms with Crippen LogP contribution in [-0.4, -0.2) is 70.7 Å². The number of H-pyrrole nitrogens is 1. The third-order valence-electron chi connectivity index (χ3n) is 5.99. The smallest absolute Gasteiger partial charge is 0.278 e. The fourth-order valence-corrected chi connectivity index (χ4v) is 4.20. The zero-order valence-corrected chi connectivity index (χ0v) is 18.4. The molecule has 4 heterocycles. The Kier molecular flexibility index (Phi) is 5.33. The predicted molar refractivity (Wildman–Crippen MR) is 124 cm³/mol. The van der Waals surface area contributed by atoms with Gasteiger partial charge in [-0.05, 0) is 18.2 Å². The van der Waals surface area contributed by atoms with E-state index in [-0.39, 0.29) is 18.0 Å². The summed E-state index contributed by atoms with van der Waals surface area (Å²) in [4.78, 5) is 41.9. The van der Waals surface area contributed by atoms with Crippen LogP contribution in [0.2, 0.25) is 0 Å². The molecule has 1 N–H and O–H groups in total. The number of nitrogens with one attached hydrogen (secondary N) is 1. The number of methoxy groups -OCH3 is 2. The quantitative estimate of drug-likeness (QED) is 0.495. The van der Waals surface area contributed by atoms with Gasteiger partial charge in [0.1, 0.15) is 23.4 Å². The summed E-state index contributed by atoms with van der Waals surface area (Å²) in [5.41, 5.74) is 1.29. The maximum absolute atomic E-state index is 13.1. The van der Waals surface area contributed by atoms with E-state index in [0.29, 0.717) is 54.2 Å². The second-order valence-corrected chi connectivity index (χ2v) is 7.83. The van der Waals surface area contributed by atoms with Crippen LogP contribution in [0.4, 0.5) is 5.82 Å². The molecule has 33 heavy (non-hydrogen) atoms. The number of amides is 1. The molecular formula is C23H24N6O4. The summed E-state index contributed by atoms with van der Waals surface area (Å²) in [5.74, 6) is 1.90. The van der Waals surface area contributed by atoms with E-state index in [1.807, 2.05) is 18.2 Å².